The van der Waals surface area contributed by atoms with Gasteiger partial charge in [-0.25, -0.2) is 3.11 Å². The number of rotatable bonds is 4. The second-order valence-electron chi connectivity index (χ2n) is 3.56. The molecule has 0 aliphatic carbocycles. The van der Waals surface area contributed by atoms with Crippen LogP contribution in [0.15, 0.2) is 12.7 Å². The summed E-state index contributed by atoms with van der Waals surface area (Å²) >= 11 is 2.37. The van der Waals surface area contributed by atoms with Crippen molar-refractivity contribution in [2.75, 3.05) is 13.1 Å². The van der Waals surface area contributed by atoms with E-state index in [1.807, 2.05) is 0 Å². The Balaban J connectivity index is 2.15. The number of ketones is 1. The molecule has 0 aromatic rings. The number of hydrogen-bond donors (Lipinski definition) is 0. The summed E-state index contributed by atoms with van der Waals surface area (Å²) in [5.41, 5.74) is 0. The molecule has 0 N–H and O–H groups in total. The third-order valence-electron chi connectivity index (χ3n) is 2.59. The second kappa shape index (κ2) is 5.75. The monoisotopic (exact) mass is 293 g/mol. The maximum atomic E-state index is 11.0. The highest BCUT2D eigenvalue weighted by molar-refractivity contribution is 14.1. The molecule has 0 aromatic carbocycles. The Hall–Kier alpha value is 0.1000. The van der Waals surface area contributed by atoms with Gasteiger partial charge < -0.3 is 0 Å². The molecular formula is C10H16INO. The van der Waals surface area contributed by atoms with Crippen molar-refractivity contribution in [1.82, 2.24) is 3.11 Å². The maximum absolute atomic E-state index is 11.0. The van der Waals surface area contributed by atoms with E-state index in [9.17, 15) is 4.79 Å². The highest BCUT2D eigenvalue weighted by Crippen LogP contribution is 2.23. The van der Waals surface area contributed by atoms with Crippen LogP contribution >= 0.6 is 22.9 Å². The zero-order chi connectivity index (χ0) is 9.68. The quantitative estimate of drug-likeness (QED) is 0.451. The lowest BCUT2D eigenvalue weighted by Crippen LogP contribution is -2.26. The van der Waals surface area contributed by atoms with E-state index < -0.39 is 0 Å². The largest absolute Gasteiger partial charge is 0.295 e. The smallest absolute Gasteiger partial charge is 0.155 e. The second-order valence-corrected chi connectivity index (χ2v) is 4.93. The number of hydrogen-bond acceptors (Lipinski definition) is 2. The lowest BCUT2D eigenvalue weighted by Gasteiger charge is -2.27. The van der Waals surface area contributed by atoms with Crippen molar-refractivity contribution in [3.05, 3.63) is 12.7 Å². The first-order chi connectivity index (χ1) is 6.22. The van der Waals surface area contributed by atoms with Gasteiger partial charge >= 0.3 is 0 Å². The number of carbonyl (C=O) groups is 1. The molecule has 0 unspecified atom stereocenters. The molecule has 0 amide bonds. The standard InChI is InChI=1S/C10H16INO/c1-2-10(13)4-3-9-5-7-12(11)8-6-9/h2,9H,1,3-8H2. The Kier molecular flexibility index (Phi) is 4.94. The summed E-state index contributed by atoms with van der Waals surface area (Å²) in [4.78, 5) is 11.0. The van der Waals surface area contributed by atoms with Gasteiger partial charge in [0, 0.05) is 42.4 Å². The molecule has 0 spiro atoms. The first-order valence-corrected chi connectivity index (χ1v) is 5.75. The van der Waals surface area contributed by atoms with Crippen LogP contribution in [0.3, 0.4) is 0 Å². The molecule has 0 bridgehead atoms. The van der Waals surface area contributed by atoms with Crippen molar-refractivity contribution >= 4 is 28.6 Å². The summed E-state index contributed by atoms with van der Waals surface area (Å²) in [6.45, 7) is 5.83. The maximum Gasteiger partial charge on any atom is 0.155 e. The van der Waals surface area contributed by atoms with Gasteiger partial charge in [-0.15, -0.1) is 0 Å². The third-order valence-corrected chi connectivity index (χ3v) is 3.55. The van der Waals surface area contributed by atoms with Crippen LogP contribution in [0.2, 0.25) is 0 Å². The van der Waals surface area contributed by atoms with E-state index in [1.165, 1.54) is 32.0 Å². The Morgan fingerprint density at radius 2 is 2.15 bits per heavy atom. The summed E-state index contributed by atoms with van der Waals surface area (Å²) in [6, 6.07) is 0. The topological polar surface area (TPSA) is 20.3 Å². The van der Waals surface area contributed by atoms with Gasteiger partial charge in [-0.1, -0.05) is 6.58 Å². The van der Waals surface area contributed by atoms with E-state index in [2.05, 4.69) is 32.6 Å². The van der Waals surface area contributed by atoms with E-state index in [1.54, 1.807) is 0 Å². The van der Waals surface area contributed by atoms with E-state index in [-0.39, 0.29) is 5.78 Å². The van der Waals surface area contributed by atoms with E-state index in [0.29, 0.717) is 6.42 Å². The van der Waals surface area contributed by atoms with Crippen LogP contribution in [0.5, 0.6) is 0 Å². The number of carbonyl (C=O) groups excluding carboxylic acids is 1. The average Bonchev–Trinajstić information content (AvgIpc) is 2.16. The van der Waals surface area contributed by atoms with Gasteiger partial charge in [-0.2, -0.15) is 0 Å². The van der Waals surface area contributed by atoms with Crippen molar-refractivity contribution in [3.8, 4) is 0 Å². The Bertz CT molecular complexity index is 185. The van der Waals surface area contributed by atoms with Crippen LogP contribution in [-0.2, 0) is 4.79 Å². The van der Waals surface area contributed by atoms with Crippen molar-refractivity contribution in [2.24, 2.45) is 5.92 Å². The zero-order valence-corrected chi connectivity index (χ0v) is 10.00. The molecular weight excluding hydrogens is 277 g/mol. The Morgan fingerprint density at radius 3 is 2.69 bits per heavy atom. The van der Waals surface area contributed by atoms with Crippen LogP contribution in [0, 0.1) is 5.92 Å². The minimum atomic E-state index is 0.192. The zero-order valence-electron chi connectivity index (χ0n) is 7.84. The first-order valence-electron chi connectivity index (χ1n) is 4.78. The lowest BCUT2D eigenvalue weighted by atomic mass is 9.92. The number of allylic oxidation sites excluding steroid dienone is 1. The molecule has 1 saturated heterocycles. The minimum absolute atomic E-state index is 0.192. The van der Waals surface area contributed by atoms with Crippen molar-refractivity contribution in [3.63, 3.8) is 0 Å². The normalized spacial score (nSPS) is 20.1. The van der Waals surface area contributed by atoms with Gasteiger partial charge in [0.15, 0.2) is 5.78 Å². The SMILES string of the molecule is C=CC(=O)CCC1CCN(I)CC1. The summed E-state index contributed by atoms with van der Waals surface area (Å²) in [7, 11) is 0. The average molecular weight is 293 g/mol. The van der Waals surface area contributed by atoms with Crippen LogP contribution in [0.1, 0.15) is 25.7 Å². The fraction of sp³-hybridized carbons (Fsp3) is 0.700. The number of piperidine rings is 1. The molecule has 13 heavy (non-hydrogen) atoms. The van der Waals surface area contributed by atoms with E-state index in [4.69, 9.17) is 0 Å². The van der Waals surface area contributed by atoms with Crippen LogP contribution in [-0.4, -0.2) is 22.0 Å². The Morgan fingerprint density at radius 1 is 1.54 bits per heavy atom. The van der Waals surface area contributed by atoms with Gasteiger partial charge in [0.05, 0.1) is 0 Å². The number of halogens is 1. The predicted octanol–water partition coefficient (Wildman–Crippen LogP) is 2.58. The van der Waals surface area contributed by atoms with Crippen LogP contribution in [0.25, 0.3) is 0 Å². The molecule has 0 saturated carbocycles. The molecule has 1 aliphatic heterocycles. The molecule has 2 nitrogen and oxygen atoms in total. The summed E-state index contributed by atoms with van der Waals surface area (Å²) in [5.74, 6) is 0.951. The van der Waals surface area contributed by atoms with E-state index >= 15 is 0 Å². The highest BCUT2D eigenvalue weighted by Gasteiger charge is 2.17. The van der Waals surface area contributed by atoms with Crippen molar-refractivity contribution in [2.45, 2.75) is 25.7 Å². The van der Waals surface area contributed by atoms with E-state index in [0.717, 1.165) is 12.3 Å². The summed E-state index contributed by atoms with van der Waals surface area (Å²) in [6.07, 6.45) is 5.67. The van der Waals surface area contributed by atoms with Gasteiger partial charge in [0.1, 0.15) is 0 Å². The molecule has 1 fully saturated rings. The predicted molar refractivity (Wildman–Crippen MR) is 62.8 cm³/mol. The van der Waals surface area contributed by atoms with Crippen molar-refractivity contribution < 1.29 is 4.79 Å². The fourth-order valence-electron chi connectivity index (χ4n) is 1.64. The van der Waals surface area contributed by atoms with Gasteiger partial charge in [-0.05, 0) is 31.3 Å². The van der Waals surface area contributed by atoms with Gasteiger partial charge in [0.2, 0.25) is 0 Å². The number of nitrogens with zero attached hydrogens (tertiary/aromatic N) is 1. The molecule has 0 aromatic heterocycles. The van der Waals surface area contributed by atoms with Gasteiger partial charge in [0.25, 0.3) is 0 Å². The Labute approximate surface area is 93.9 Å². The first kappa shape index (κ1) is 11.2. The summed E-state index contributed by atoms with van der Waals surface area (Å²) < 4.78 is 2.32. The molecule has 0 radical (unpaired) electrons. The lowest BCUT2D eigenvalue weighted by molar-refractivity contribution is -0.114. The van der Waals surface area contributed by atoms with Crippen molar-refractivity contribution in [1.29, 1.82) is 0 Å². The minimum Gasteiger partial charge on any atom is -0.295 e. The van der Waals surface area contributed by atoms with Gasteiger partial charge in [-0.3, -0.25) is 4.79 Å². The third kappa shape index (κ3) is 4.22. The summed E-state index contributed by atoms with van der Waals surface area (Å²) in [5, 5.41) is 0. The fourth-order valence-corrected chi connectivity index (χ4v) is 2.20. The molecule has 0 atom stereocenters. The molecule has 1 heterocycles. The van der Waals surface area contributed by atoms with Crippen LogP contribution < -0.4 is 0 Å². The molecule has 1 rings (SSSR count). The molecule has 1 aliphatic rings. The molecule has 3 heteroatoms. The highest BCUT2D eigenvalue weighted by atomic mass is 127. The van der Waals surface area contributed by atoms with Crippen LogP contribution in [0.4, 0.5) is 0 Å². The molecule has 74 valence electrons.